The molecule has 4 N–H and O–H groups in total. The van der Waals surface area contributed by atoms with E-state index in [2.05, 4.69) is 33.8 Å². The Balaban J connectivity index is 1.47. The van der Waals surface area contributed by atoms with Crippen molar-refractivity contribution in [1.29, 1.82) is 0 Å². The van der Waals surface area contributed by atoms with Gasteiger partial charge in [-0.05, 0) is 43.7 Å². The average molecular weight is 433 g/mol. The molecule has 0 unspecified atom stereocenters. The van der Waals surface area contributed by atoms with E-state index in [-0.39, 0.29) is 23.7 Å². The third kappa shape index (κ3) is 6.72. The minimum absolute atomic E-state index is 0.0929. The number of hydrogen-bond donors (Lipinski definition) is 5. The molecule has 0 aromatic heterocycles. The zero-order valence-electron chi connectivity index (χ0n) is 18.1. The minimum atomic E-state index is 0.0929. The first-order valence-electron chi connectivity index (χ1n) is 11.4. The second-order valence-electron chi connectivity index (χ2n) is 8.79. The predicted octanol–water partition coefficient (Wildman–Crippen LogP) is 3.69. The first kappa shape index (κ1) is 23.1. The zero-order chi connectivity index (χ0) is 21.3. The summed E-state index contributed by atoms with van der Waals surface area (Å²) in [5.74, 6) is 0.448. The fraction of sp³-hybridized carbons (Fsp3) is 0.652. The highest BCUT2D eigenvalue weighted by molar-refractivity contribution is 7.80. The van der Waals surface area contributed by atoms with Crippen LogP contribution in [-0.4, -0.2) is 11.8 Å². The van der Waals surface area contributed by atoms with Crippen molar-refractivity contribution < 1.29 is 9.59 Å². The SMILES string of the molecule is Cc1cc(CNNC(=O)C2CCCCC2)c(S)c(CNNC(=O)C2CCCCC2)c1. The van der Waals surface area contributed by atoms with Crippen LogP contribution in [0.4, 0.5) is 0 Å². The summed E-state index contributed by atoms with van der Waals surface area (Å²) in [5.41, 5.74) is 15.1. The van der Waals surface area contributed by atoms with Crippen LogP contribution in [0.2, 0.25) is 0 Å². The lowest BCUT2D eigenvalue weighted by atomic mass is 9.89. The molecule has 2 amide bonds. The van der Waals surface area contributed by atoms with Gasteiger partial charge >= 0.3 is 0 Å². The summed E-state index contributed by atoms with van der Waals surface area (Å²) in [6.07, 6.45) is 11.0. The highest BCUT2D eigenvalue weighted by Gasteiger charge is 2.21. The Labute approximate surface area is 185 Å². The standard InChI is InChI=1S/C23H36N4O2S/c1-16-12-19(14-24-26-22(28)17-8-4-2-5-9-17)21(30)20(13-16)15-25-27-23(29)18-10-6-3-7-11-18/h12-13,17-18,24-25,30H,2-11,14-15H2,1H3,(H,26,28)(H,27,29). The van der Waals surface area contributed by atoms with Gasteiger partial charge in [0.1, 0.15) is 0 Å². The Morgan fingerprint density at radius 3 is 1.60 bits per heavy atom. The fourth-order valence-corrected chi connectivity index (χ4v) is 4.88. The van der Waals surface area contributed by atoms with Crippen LogP contribution in [0.1, 0.15) is 80.9 Å². The van der Waals surface area contributed by atoms with Gasteiger partial charge in [0.2, 0.25) is 11.8 Å². The molecule has 2 saturated carbocycles. The van der Waals surface area contributed by atoms with Crippen LogP contribution in [0.25, 0.3) is 0 Å². The Bertz CT molecular complexity index is 671. The number of aryl methyl sites for hydroxylation is 1. The van der Waals surface area contributed by atoms with Crippen molar-refractivity contribution in [2.24, 2.45) is 11.8 Å². The lowest BCUT2D eigenvalue weighted by molar-refractivity contribution is -0.127. The van der Waals surface area contributed by atoms with Crippen LogP contribution in [-0.2, 0) is 22.7 Å². The highest BCUT2D eigenvalue weighted by atomic mass is 32.1. The summed E-state index contributed by atoms with van der Waals surface area (Å²) in [6, 6.07) is 4.15. The van der Waals surface area contributed by atoms with Gasteiger partial charge in [0.25, 0.3) is 0 Å². The summed E-state index contributed by atoms with van der Waals surface area (Å²) in [6.45, 7) is 3.07. The van der Waals surface area contributed by atoms with Crippen LogP contribution < -0.4 is 21.7 Å². The molecule has 0 radical (unpaired) electrons. The quantitative estimate of drug-likeness (QED) is 0.321. The van der Waals surface area contributed by atoms with E-state index in [4.69, 9.17) is 12.6 Å². The van der Waals surface area contributed by atoms with Gasteiger partial charge in [-0.3, -0.25) is 20.4 Å². The molecule has 3 rings (SSSR count). The Morgan fingerprint density at radius 2 is 1.20 bits per heavy atom. The van der Waals surface area contributed by atoms with E-state index < -0.39 is 0 Å². The number of carbonyl (C=O) groups excluding carboxylic acids is 2. The highest BCUT2D eigenvalue weighted by Crippen LogP contribution is 2.25. The van der Waals surface area contributed by atoms with Crippen LogP contribution in [0, 0.1) is 18.8 Å². The summed E-state index contributed by atoms with van der Waals surface area (Å²) >= 11 is 4.71. The topological polar surface area (TPSA) is 82.3 Å². The number of amides is 2. The molecule has 2 aliphatic carbocycles. The molecule has 2 fully saturated rings. The third-order valence-corrected chi connectivity index (χ3v) is 6.92. The van der Waals surface area contributed by atoms with Crippen molar-refractivity contribution in [1.82, 2.24) is 21.7 Å². The van der Waals surface area contributed by atoms with Gasteiger partial charge in [-0.15, -0.1) is 12.6 Å². The molecule has 166 valence electrons. The maximum absolute atomic E-state index is 12.3. The molecule has 0 saturated heterocycles. The molecular weight excluding hydrogens is 396 g/mol. The van der Waals surface area contributed by atoms with Gasteiger partial charge < -0.3 is 0 Å². The van der Waals surface area contributed by atoms with Crippen LogP contribution >= 0.6 is 12.6 Å². The lowest BCUT2D eigenvalue weighted by Gasteiger charge is -2.22. The number of nitrogens with one attached hydrogen (secondary N) is 4. The number of rotatable bonds is 8. The molecule has 0 spiro atoms. The van der Waals surface area contributed by atoms with E-state index in [9.17, 15) is 9.59 Å². The second kappa shape index (κ2) is 11.7. The van der Waals surface area contributed by atoms with E-state index in [1.807, 2.05) is 6.92 Å². The molecular formula is C23H36N4O2S. The maximum atomic E-state index is 12.3. The average Bonchev–Trinajstić information content (AvgIpc) is 2.77. The number of hydrogen-bond acceptors (Lipinski definition) is 5. The van der Waals surface area contributed by atoms with Crippen LogP contribution in [0.3, 0.4) is 0 Å². The van der Waals surface area contributed by atoms with E-state index in [0.29, 0.717) is 13.1 Å². The largest absolute Gasteiger partial charge is 0.291 e. The van der Waals surface area contributed by atoms with Gasteiger partial charge in [0.15, 0.2) is 0 Å². The van der Waals surface area contributed by atoms with Crippen LogP contribution in [0.15, 0.2) is 17.0 Å². The van der Waals surface area contributed by atoms with Crippen molar-refractivity contribution in [2.45, 2.75) is 89.1 Å². The first-order chi connectivity index (χ1) is 14.5. The lowest BCUT2D eigenvalue weighted by Crippen LogP contribution is -2.42. The molecule has 0 aliphatic heterocycles. The minimum Gasteiger partial charge on any atom is -0.291 e. The summed E-state index contributed by atoms with van der Waals surface area (Å²) in [4.78, 5) is 25.5. The van der Waals surface area contributed by atoms with Crippen molar-refractivity contribution >= 4 is 24.4 Å². The number of hydrazine groups is 2. The Kier molecular flexibility index (Phi) is 9.03. The molecule has 7 heteroatoms. The van der Waals surface area contributed by atoms with Crippen molar-refractivity contribution in [3.8, 4) is 0 Å². The summed E-state index contributed by atoms with van der Waals surface area (Å²) < 4.78 is 0. The first-order valence-corrected chi connectivity index (χ1v) is 11.9. The number of carbonyl (C=O) groups is 2. The van der Waals surface area contributed by atoms with Gasteiger partial charge in [0, 0.05) is 29.8 Å². The van der Waals surface area contributed by atoms with E-state index >= 15 is 0 Å². The summed E-state index contributed by atoms with van der Waals surface area (Å²) in [7, 11) is 0. The van der Waals surface area contributed by atoms with Crippen molar-refractivity contribution in [3.05, 3.63) is 28.8 Å². The third-order valence-electron chi connectivity index (χ3n) is 6.34. The zero-order valence-corrected chi connectivity index (χ0v) is 19.0. The van der Waals surface area contributed by atoms with E-state index in [1.165, 1.54) is 12.8 Å². The van der Waals surface area contributed by atoms with Gasteiger partial charge in [-0.2, -0.15) is 0 Å². The second-order valence-corrected chi connectivity index (χ2v) is 9.23. The van der Waals surface area contributed by atoms with Gasteiger partial charge in [0.05, 0.1) is 0 Å². The molecule has 0 bridgehead atoms. The Morgan fingerprint density at radius 1 is 0.800 bits per heavy atom. The van der Waals surface area contributed by atoms with E-state index in [1.54, 1.807) is 0 Å². The molecule has 1 aromatic rings. The fourth-order valence-electron chi connectivity index (χ4n) is 4.59. The number of thiol groups is 1. The molecule has 2 aliphatic rings. The predicted molar refractivity (Wildman–Crippen MR) is 122 cm³/mol. The monoisotopic (exact) mass is 432 g/mol. The number of benzene rings is 1. The Hall–Kier alpha value is -1.57. The maximum Gasteiger partial charge on any atom is 0.237 e. The van der Waals surface area contributed by atoms with E-state index in [0.717, 1.165) is 73.0 Å². The van der Waals surface area contributed by atoms with Gasteiger partial charge in [-0.25, -0.2) is 10.9 Å². The normalized spacial score (nSPS) is 18.2. The smallest absolute Gasteiger partial charge is 0.237 e. The molecule has 0 atom stereocenters. The van der Waals surface area contributed by atoms with Crippen LogP contribution in [0.5, 0.6) is 0 Å². The molecule has 1 aromatic carbocycles. The van der Waals surface area contributed by atoms with Crippen molar-refractivity contribution in [3.63, 3.8) is 0 Å². The van der Waals surface area contributed by atoms with Gasteiger partial charge in [-0.1, -0.05) is 56.2 Å². The summed E-state index contributed by atoms with van der Waals surface area (Å²) in [5, 5.41) is 0. The molecule has 30 heavy (non-hydrogen) atoms. The molecule has 6 nitrogen and oxygen atoms in total. The van der Waals surface area contributed by atoms with Crippen molar-refractivity contribution in [2.75, 3.05) is 0 Å². The molecule has 0 heterocycles.